The second-order valence-electron chi connectivity index (χ2n) is 5.35. The topological polar surface area (TPSA) is 4.93 Å². The molecular weight excluding hydrogens is 292 g/mol. The number of hydrogen-bond donors (Lipinski definition) is 0. The predicted octanol–water partition coefficient (Wildman–Crippen LogP) is 4.77. The van der Waals surface area contributed by atoms with E-state index in [4.69, 9.17) is 0 Å². The Kier molecular flexibility index (Phi) is 3.99. The molecule has 0 spiro atoms. The molecule has 0 fully saturated rings. The van der Waals surface area contributed by atoms with Gasteiger partial charge in [-0.3, -0.25) is 0 Å². The maximum Gasteiger partial charge on any atom is 0.141 e. The van der Waals surface area contributed by atoms with Crippen LogP contribution >= 0.6 is 0 Å². The van der Waals surface area contributed by atoms with Crippen molar-refractivity contribution in [3.63, 3.8) is 0 Å². The fourth-order valence-corrected chi connectivity index (χ4v) is 2.52. The van der Waals surface area contributed by atoms with Crippen molar-refractivity contribution in [2.24, 2.45) is 0 Å². The van der Waals surface area contributed by atoms with E-state index < -0.39 is 11.6 Å². The number of nitrogens with zero attached hydrogens (tertiary/aromatic N) is 1. The zero-order chi connectivity index (χ0) is 16.4. The highest BCUT2D eigenvalue weighted by Crippen LogP contribution is 2.17. The van der Waals surface area contributed by atoms with Crippen molar-refractivity contribution in [2.75, 3.05) is 0 Å². The lowest BCUT2D eigenvalue weighted by Gasteiger charge is -2.09. The van der Waals surface area contributed by atoms with Crippen LogP contribution in [-0.4, -0.2) is 4.57 Å². The summed E-state index contributed by atoms with van der Waals surface area (Å²) in [6.45, 7) is 4.09. The van der Waals surface area contributed by atoms with Gasteiger partial charge in [0.25, 0.3) is 0 Å². The summed E-state index contributed by atoms with van der Waals surface area (Å²) >= 11 is 0. The van der Waals surface area contributed by atoms with Crippen molar-refractivity contribution in [3.05, 3.63) is 88.7 Å². The SMILES string of the molecule is Cc1ccc(C)n1-c1ccc(C#Cc2c(F)cccc2F)cc1. The van der Waals surface area contributed by atoms with E-state index in [0.717, 1.165) is 17.1 Å². The monoisotopic (exact) mass is 307 g/mol. The molecule has 0 atom stereocenters. The second kappa shape index (κ2) is 6.10. The van der Waals surface area contributed by atoms with Gasteiger partial charge in [-0.25, -0.2) is 8.78 Å². The van der Waals surface area contributed by atoms with Gasteiger partial charge in [0.2, 0.25) is 0 Å². The third-order valence-corrected chi connectivity index (χ3v) is 3.69. The molecule has 0 saturated heterocycles. The first-order valence-electron chi connectivity index (χ1n) is 7.27. The predicted molar refractivity (Wildman–Crippen MR) is 87.6 cm³/mol. The Balaban J connectivity index is 1.92. The Morgan fingerprint density at radius 3 is 1.87 bits per heavy atom. The smallest absolute Gasteiger partial charge is 0.141 e. The molecule has 3 aromatic rings. The maximum absolute atomic E-state index is 13.5. The van der Waals surface area contributed by atoms with Crippen molar-refractivity contribution < 1.29 is 8.78 Å². The molecule has 3 rings (SSSR count). The highest BCUT2D eigenvalue weighted by atomic mass is 19.1. The average molecular weight is 307 g/mol. The number of aromatic nitrogens is 1. The molecule has 0 saturated carbocycles. The highest BCUT2D eigenvalue weighted by Gasteiger charge is 2.05. The maximum atomic E-state index is 13.5. The second-order valence-corrected chi connectivity index (χ2v) is 5.35. The molecule has 0 bridgehead atoms. The third-order valence-electron chi connectivity index (χ3n) is 3.69. The van der Waals surface area contributed by atoms with Crippen molar-refractivity contribution in [1.29, 1.82) is 0 Å². The molecule has 0 aliphatic rings. The van der Waals surface area contributed by atoms with E-state index in [1.807, 2.05) is 38.1 Å². The minimum Gasteiger partial charge on any atom is -0.319 e. The summed E-state index contributed by atoms with van der Waals surface area (Å²) in [5.41, 5.74) is 3.84. The van der Waals surface area contributed by atoms with Crippen LogP contribution in [0.5, 0.6) is 0 Å². The van der Waals surface area contributed by atoms with Crippen LogP contribution < -0.4 is 0 Å². The van der Waals surface area contributed by atoms with Gasteiger partial charge in [-0.15, -0.1) is 0 Å². The molecule has 114 valence electrons. The minimum atomic E-state index is -0.646. The normalized spacial score (nSPS) is 10.3. The Labute approximate surface area is 134 Å². The summed E-state index contributed by atoms with van der Waals surface area (Å²) in [6, 6.07) is 15.4. The van der Waals surface area contributed by atoms with Gasteiger partial charge in [0.15, 0.2) is 0 Å². The third kappa shape index (κ3) is 3.02. The lowest BCUT2D eigenvalue weighted by molar-refractivity contribution is 0.577. The van der Waals surface area contributed by atoms with Crippen LogP contribution in [0.25, 0.3) is 5.69 Å². The molecule has 23 heavy (non-hydrogen) atoms. The van der Waals surface area contributed by atoms with E-state index in [1.54, 1.807) is 0 Å². The largest absolute Gasteiger partial charge is 0.319 e. The summed E-state index contributed by atoms with van der Waals surface area (Å²) in [4.78, 5) is 0. The first-order valence-corrected chi connectivity index (χ1v) is 7.27. The Morgan fingerprint density at radius 1 is 0.739 bits per heavy atom. The molecule has 1 aromatic heterocycles. The quantitative estimate of drug-likeness (QED) is 0.571. The molecule has 2 aromatic carbocycles. The lowest BCUT2D eigenvalue weighted by Crippen LogP contribution is -1.98. The number of rotatable bonds is 1. The molecule has 0 aliphatic carbocycles. The summed E-state index contributed by atoms with van der Waals surface area (Å²) in [7, 11) is 0. The van der Waals surface area contributed by atoms with Crippen LogP contribution in [0.3, 0.4) is 0 Å². The van der Waals surface area contributed by atoms with Crippen molar-refractivity contribution in [3.8, 4) is 17.5 Å². The summed E-state index contributed by atoms with van der Waals surface area (Å²) in [5.74, 6) is 4.08. The van der Waals surface area contributed by atoms with E-state index in [0.29, 0.717) is 5.56 Å². The van der Waals surface area contributed by atoms with Gasteiger partial charge in [0.1, 0.15) is 11.6 Å². The van der Waals surface area contributed by atoms with Crippen LogP contribution in [0.15, 0.2) is 54.6 Å². The van der Waals surface area contributed by atoms with Gasteiger partial charge in [-0.1, -0.05) is 17.9 Å². The number of hydrogen-bond acceptors (Lipinski definition) is 0. The molecule has 0 N–H and O–H groups in total. The number of aryl methyl sites for hydroxylation is 2. The van der Waals surface area contributed by atoms with Crippen LogP contribution in [0.2, 0.25) is 0 Å². The molecule has 0 amide bonds. The number of halogens is 2. The Hall–Kier alpha value is -2.86. The lowest BCUT2D eigenvalue weighted by atomic mass is 10.1. The number of benzene rings is 2. The summed E-state index contributed by atoms with van der Waals surface area (Å²) < 4.78 is 29.2. The van der Waals surface area contributed by atoms with Gasteiger partial charge in [-0.2, -0.15) is 0 Å². The van der Waals surface area contributed by atoms with Gasteiger partial charge in [0.05, 0.1) is 5.56 Å². The Bertz CT molecular complexity index is 869. The van der Waals surface area contributed by atoms with E-state index in [2.05, 4.69) is 28.5 Å². The molecule has 0 unspecified atom stereocenters. The van der Waals surface area contributed by atoms with Gasteiger partial charge in [0, 0.05) is 22.6 Å². The minimum absolute atomic E-state index is 0.200. The molecule has 1 heterocycles. The molecule has 3 heteroatoms. The van der Waals surface area contributed by atoms with Crippen LogP contribution in [0.4, 0.5) is 8.78 Å². The van der Waals surface area contributed by atoms with Crippen LogP contribution in [0.1, 0.15) is 22.5 Å². The van der Waals surface area contributed by atoms with E-state index in [-0.39, 0.29) is 5.56 Å². The zero-order valence-electron chi connectivity index (χ0n) is 12.9. The van der Waals surface area contributed by atoms with Crippen molar-refractivity contribution in [2.45, 2.75) is 13.8 Å². The van der Waals surface area contributed by atoms with Gasteiger partial charge in [-0.05, 0) is 62.4 Å². The average Bonchev–Trinajstić information content (AvgIpc) is 2.87. The molecule has 0 aliphatic heterocycles. The van der Waals surface area contributed by atoms with Crippen molar-refractivity contribution in [1.82, 2.24) is 4.57 Å². The van der Waals surface area contributed by atoms with E-state index >= 15 is 0 Å². The molecule has 0 radical (unpaired) electrons. The van der Waals surface area contributed by atoms with E-state index in [1.165, 1.54) is 18.2 Å². The van der Waals surface area contributed by atoms with Gasteiger partial charge < -0.3 is 4.57 Å². The van der Waals surface area contributed by atoms with Gasteiger partial charge >= 0.3 is 0 Å². The first kappa shape index (κ1) is 15.1. The Morgan fingerprint density at radius 2 is 1.30 bits per heavy atom. The summed E-state index contributed by atoms with van der Waals surface area (Å²) in [6.07, 6.45) is 0. The molecule has 1 nitrogen and oxygen atoms in total. The first-order chi connectivity index (χ1) is 11.1. The zero-order valence-corrected chi connectivity index (χ0v) is 12.9. The van der Waals surface area contributed by atoms with Crippen molar-refractivity contribution >= 4 is 0 Å². The van der Waals surface area contributed by atoms with Crippen LogP contribution in [-0.2, 0) is 0 Å². The fraction of sp³-hybridized carbons (Fsp3) is 0.100. The van der Waals surface area contributed by atoms with E-state index in [9.17, 15) is 8.78 Å². The highest BCUT2D eigenvalue weighted by molar-refractivity contribution is 5.47. The summed E-state index contributed by atoms with van der Waals surface area (Å²) in [5, 5.41) is 0. The standard InChI is InChI=1S/C20H15F2N/c1-14-6-7-15(2)23(14)17-11-8-16(9-12-17)10-13-18-19(21)4-3-5-20(18)22/h3-9,11-12H,1-2H3. The fourth-order valence-electron chi connectivity index (χ4n) is 2.52. The van der Waals surface area contributed by atoms with Crippen LogP contribution in [0, 0.1) is 37.3 Å². The molecular formula is C20H15F2N.